The molecule has 176 valence electrons. The molecule has 1 aromatic rings. The molecule has 0 aliphatic rings. The Kier molecular flexibility index (Phi) is 16.6. The summed E-state index contributed by atoms with van der Waals surface area (Å²) < 4.78 is 5.15. The minimum absolute atomic E-state index is 0.177. The Morgan fingerprint density at radius 1 is 0.935 bits per heavy atom. The molecule has 31 heavy (non-hydrogen) atoms. The molecule has 1 aromatic carbocycles. The molecule has 5 nitrogen and oxygen atoms in total. The van der Waals surface area contributed by atoms with Crippen LogP contribution in [0.5, 0.6) is 0 Å². The molecule has 0 spiro atoms. The molecule has 0 fully saturated rings. The average molecular weight is 434 g/mol. The van der Waals surface area contributed by atoms with Gasteiger partial charge in [-0.1, -0.05) is 120 Å². The Balaban J connectivity index is 2.07. The van der Waals surface area contributed by atoms with E-state index in [-0.39, 0.29) is 13.2 Å². The molecular weight excluding hydrogens is 390 g/mol. The quantitative estimate of drug-likeness (QED) is 0.199. The van der Waals surface area contributed by atoms with Crippen molar-refractivity contribution < 1.29 is 19.7 Å². The number of carbonyl (C=O) groups is 1. The van der Waals surface area contributed by atoms with E-state index in [1.165, 1.54) is 57.8 Å². The van der Waals surface area contributed by atoms with Gasteiger partial charge in [0.05, 0.1) is 18.8 Å². The van der Waals surface area contributed by atoms with Gasteiger partial charge in [-0.3, -0.25) is 0 Å². The number of unbranched alkanes of at least 4 members (excludes halogenated alkanes) is 10. The number of aliphatic hydroxyl groups is 2. The molecule has 1 rings (SSSR count). The second kappa shape index (κ2) is 18.9. The van der Waals surface area contributed by atoms with E-state index in [2.05, 4.69) is 12.2 Å². The summed E-state index contributed by atoms with van der Waals surface area (Å²) in [5.74, 6) is 0. The second-order valence-electron chi connectivity index (χ2n) is 8.27. The molecule has 0 saturated carbocycles. The first-order valence-corrected chi connectivity index (χ1v) is 12.1. The third-order valence-electron chi connectivity index (χ3n) is 5.38. The van der Waals surface area contributed by atoms with Crippen LogP contribution in [0.2, 0.25) is 0 Å². The van der Waals surface area contributed by atoms with E-state index in [0.29, 0.717) is 6.42 Å². The van der Waals surface area contributed by atoms with Crippen LogP contribution in [-0.4, -0.2) is 35.1 Å². The number of amides is 1. The van der Waals surface area contributed by atoms with Gasteiger partial charge in [-0.2, -0.15) is 0 Å². The summed E-state index contributed by atoms with van der Waals surface area (Å²) in [6, 6.07) is 8.84. The van der Waals surface area contributed by atoms with Crippen LogP contribution in [-0.2, 0) is 11.3 Å². The van der Waals surface area contributed by atoms with Gasteiger partial charge in [0.1, 0.15) is 6.61 Å². The molecule has 5 heteroatoms. The lowest BCUT2D eigenvalue weighted by Crippen LogP contribution is -2.36. The Labute approximate surface area is 188 Å². The van der Waals surface area contributed by atoms with Crippen LogP contribution in [0.1, 0.15) is 89.5 Å². The Hall–Kier alpha value is -1.85. The second-order valence-corrected chi connectivity index (χ2v) is 8.27. The largest absolute Gasteiger partial charge is 0.445 e. The van der Waals surface area contributed by atoms with Crippen molar-refractivity contribution in [2.45, 2.75) is 103 Å². The van der Waals surface area contributed by atoms with E-state index in [0.717, 1.165) is 18.4 Å². The molecule has 1 amide bonds. The smallest absolute Gasteiger partial charge is 0.408 e. The van der Waals surface area contributed by atoms with Gasteiger partial charge in [0.15, 0.2) is 0 Å². The molecule has 0 heterocycles. The number of benzene rings is 1. The van der Waals surface area contributed by atoms with Crippen LogP contribution in [0.25, 0.3) is 0 Å². The Bertz CT molecular complexity index is 576. The third-order valence-corrected chi connectivity index (χ3v) is 5.38. The highest BCUT2D eigenvalue weighted by Crippen LogP contribution is 2.13. The normalized spacial score (nSPS) is 13.3. The van der Waals surface area contributed by atoms with Gasteiger partial charge in [0.2, 0.25) is 0 Å². The van der Waals surface area contributed by atoms with Crippen molar-refractivity contribution in [3.8, 4) is 0 Å². The summed E-state index contributed by atoms with van der Waals surface area (Å²) in [4.78, 5) is 11.9. The highest BCUT2D eigenvalue weighted by Gasteiger charge is 2.10. The lowest BCUT2D eigenvalue weighted by Gasteiger charge is -2.13. The molecule has 0 unspecified atom stereocenters. The van der Waals surface area contributed by atoms with Crippen LogP contribution in [0.4, 0.5) is 4.79 Å². The molecule has 0 aliphatic heterocycles. The molecule has 0 aliphatic carbocycles. The number of carbonyl (C=O) groups excluding carboxylic acids is 1. The minimum Gasteiger partial charge on any atom is -0.445 e. The number of rotatable bonds is 18. The molecular formula is C26H43NO4. The maximum absolute atomic E-state index is 11.9. The number of aliphatic hydroxyl groups excluding tert-OH is 2. The van der Waals surface area contributed by atoms with E-state index in [9.17, 15) is 15.0 Å². The number of nitrogens with one attached hydrogen (secondary N) is 1. The zero-order valence-electron chi connectivity index (χ0n) is 19.3. The summed E-state index contributed by atoms with van der Waals surface area (Å²) in [7, 11) is 0. The van der Waals surface area contributed by atoms with Gasteiger partial charge in [0.25, 0.3) is 0 Å². The monoisotopic (exact) mass is 433 g/mol. The van der Waals surface area contributed by atoms with Gasteiger partial charge in [-0.15, -0.1) is 0 Å². The zero-order valence-corrected chi connectivity index (χ0v) is 19.3. The summed E-state index contributed by atoms with van der Waals surface area (Å²) in [5.41, 5.74) is 0.899. The Morgan fingerprint density at radius 2 is 1.52 bits per heavy atom. The van der Waals surface area contributed by atoms with Crippen molar-refractivity contribution in [1.82, 2.24) is 5.32 Å². The summed E-state index contributed by atoms with van der Waals surface area (Å²) in [5, 5.41) is 22.2. The first kappa shape index (κ1) is 27.2. The van der Waals surface area contributed by atoms with Gasteiger partial charge < -0.3 is 20.3 Å². The van der Waals surface area contributed by atoms with Gasteiger partial charge >= 0.3 is 6.09 Å². The number of ether oxygens (including phenoxy) is 1. The molecule has 0 saturated heterocycles. The van der Waals surface area contributed by atoms with E-state index in [1.807, 2.05) is 30.3 Å². The summed E-state index contributed by atoms with van der Waals surface area (Å²) in [6.07, 6.45) is 16.9. The van der Waals surface area contributed by atoms with Crippen molar-refractivity contribution >= 4 is 6.09 Å². The fraction of sp³-hybridized carbons (Fsp3) is 0.654. The molecule has 0 radical (unpaired) electrons. The van der Waals surface area contributed by atoms with Crippen molar-refractivity contribution in [2.75, 3.05) is 6.61 Å². The topological polar surface area (TPSA) is 78.8 Å². The molecule has 0 bridgehead atoms. The van der Waals surface area contributed by atoms with E-state index >= 15 is 0 Å². The molecule has 2 atom stereocenters. The number of alkyl carbamates (subject to hydrolysis) is 1. The first-order chi connectivity index (χ1) is 15.2. The van der Waals surface area contributed by atoms with Crippen LogP contribution in [0, 0.1) is 0 Å². The fourth-order valence-corrected chi connectivity index (χ4v) is 3.45. The lowest BCUT2D eigenvalue weighted by molar-refractivity contribution is 0.132. The van der Waals surface area contributed by atoms with Crippen LogP contribution >= 0.6 is 0 Å². The number of hydrogen-bond acceptors (Lipinski definition) is 4. The summed E-state index contributed by atoms with van der Waals surface area (Å²) in [6.45, 7) is 2.18. The highest BCUT2D eigenvalue weighted by atomic mass is 16.5. The predicted octanol–water partition coefficient (Wildman–Crippen LogP) is 5.89. The van der Waals surface area contributed by atoms with Crippen LogP contribution in [0.15, 0.2) is 42.5 Å². The van der Waals surface area contributed by atoms with Crippen molar-refractivity contribution in [1.29, 1.82) is 0 Å². The molecule has 0 aromatic heterocycles. The third kappa shape index (κ3) is 15.6. The van der Waals surface area contributed by atoms with E-state index in [4.69, 9.17) is 4.74 Å². The Morgan fingerprint density at radius 3 is 2.10 bits per heavy atom. The zero-order chi connectivity index (χ0) is 22.6. The van der Waals surface area contributed by atoms with E-state index < -0.39 is 18.2 Å². The first-order valence-electron chi connectivity index (χ1n) is 12.1. The molecule has 3 N–H and O–H groups in total. The van der Waals surface area contributed by atoms with Crippen molar-refractivity contribution in [2.24, 2.45) is 0 Å². The number of hydrogen-bond donors (Lipinski definition) is 3. The highest BCUT2D eigenvalue weighted by molar-refractivity contribution is 5.67. The van der Waals surface area contributed by atoms with Crippen molar-refractivity contribution in [3.63, 3.8) is 0 Å². The fourth-order valence-electron chi connectivity index (χ4n) is 3.45. The van der Waals surface area contributed by atoms with Gasteiger partial charge in [0, 0.05) is 0 Å². The average Bonchev–Trinajstić information content (AvgIpc) is 2.79. The summed E-state index contributed by atoms with van der Waals surface area (Å²) >= 11 is 0. The lowest BCUT2D eigenvalue weighted by atomic mass is 10.0. The van der Waals surface area contributed by atoms with Crippen LogP contribution < -0.4 is 5.32 Å². The maximum atomic E-state index is 11.9. The van der Waals surface area contributed by atoms with Crippen molar-refractivity contribution in [3.05, 3.63) is 48.0 Å². The predicted molar refractivity (Wildman–Crippen MR) is 127 cm³/mol. The van der Waals surface area contributed by atoms with Gasteiger partial charge in [-0.05, 0) is 12.0 Å². The van der Waals surface area contributed by atoms with Gasteiger partial charge in [-0.25, -0.2) is 4.79 Å². The SMILES string of the molecule is CCCCCCCCCCCCC[C@H](O)/C=C/[C@H](CO)NC(=O)OCc1ccccc1. The van der Waals surface area contributed by atoms with Crippen LogP contribution in [0.3, 0.4) is 0 Å². The standard InChI is InChI=1S/C26H43NO4/c1-2-3-4-5-6-7-8-9-10-11-15-18-25(29)20-19-24(21-28)27-26(30)31-22-23-16-13-12-14-17-23/h12-14,16-17,19-20,24-25,28-29H,2-11,15,18,21-22H2,1H3,(H,27,30)/b20-19+/t24-,25+/m1/s1. The maximum Gasteiger partial charge on any atom is 0.408 e. The minimum atomic E-state index is -0.590. The van der Waals surface area contributed by atoms with E-state index in [1.54, 1.807) is 12.2 Å².